The second-order valence-electron chi connectivity index (χ2n) is 7.63. The minimum atomic E-state index is -4.23. The highest BCUT2D eigenvalue weighted by Crippen LogP contribution is 2.57. The maximum absolute atomic E-state index is 11.9. The summed E-state index contributed by atoms with van der Waals surface area (Å²) in [6.07, 6.45) is 9.90. The van der Waals surface area contributed by atoms with Gasteiger partial charge in [-0.15, -0.1) is 0 Å². The van der Waals surface area contributed by atoms with Crippen molar-refractivity contribution in [2.75, 3.05) is 12.9 Å². The Morgan fingerprint density at radius 2 is 1.90 bits per heavy atom. The molecule has 2 aliphatic rings. The van der Waals surface area contributed by atoms with Gasteiger partial charge in [-0.25, -0.2) is 0 Å². The number of halogens is 2. The quantitative estimate of drug-likeness (QED) is 0.602. The summed E-state index contributed by atoms with van der Waals surface area (Å²) in [5, 5.41) is 0.809. The van der Waals surface area contributed by atoms with Gasteiger partial charge in [0.1, 0.15) is 5.60 Å². The minimum Gasteiger partial charge on any atom is -0.493 e. The molecule has 6 nitrogen and oxygen atoms in total. The molecule has 1 spiro atoms. The average Bonchev–Trinajstić information content (AvgIpc) is 3.26. The van der Waals surface area contributed by atoms with E-state index in [1.807, 2.05) is 12.1 Å². The van der Waals surface area contributed by atoms with Crippen molar-refractivity contribution in [1.29, 1.82) is 0 Å². The van der Waals surface area contributed by atoms with Crippen LogP contribution in [0.2, 0.25) is 10.0 Å². The minimum absolute atomic E-state index is 0.405. The molecule has 4 rings (SSSR count). The third-order valence-corrected chi connectivity index (χ3v) is 7.21. The molecule has 0 amide bonds. The normalized spacial score (nSPS) is 19.9. The van der Waals surface area contributed by atoms with Gasteiger partial charge in [-0.05, 0) is 37.3 Å². The highest BCUT2D eigenvalue weighted by atomic mass is 35.5. The molecule has 1 aromatic heterocycles. The Labute approximate surface area is 185 Å². The van der Waals surface area contributed by atoms with E-state index in [1.165, 1.54) is 12.4 Å². The number of rotatable bonds is 5. The van der Waals surface area contributed by atoms with E-state index in [0.29, 0.717) is 32.7 Å². The molecule has 9 heteroatoms. The first-order valence-electron chi connectivity index (χ1n) is 9.56. The zero-order valence-corrected chi connectivity index (χ0v) is 18.6. The number of hydrogen-bond donors (Lipinski definition) is 1. The van der Waals surface area contributed by atoms with Crippen molar-refractivity contribution in [2.45, 2.75) is 37.2 Å². The van der Waals surface area contributed by atoms with E-state index >= 15 is 0 Å². The lowest BCUT2D eigenvalue weighted by Crippen LogP contribution is -2.38. The summed E-state index contributed by atoms with van der Waals surface area (Å²) in [5.74, 6) is 0.140. The van der Waals surface area contributed by atoms with Crippen LogP contribution in [-0.2, 0) is 10.1 Å². The monoisotopic (exact) mass is 469 g/mol. The Bertz CT molecular complexity index is 1090. The fourth-order valence-electron chi connectivity index (χ4n) is 4.53. The van der Waals surface area contributed by atoms with E-state index in [0.717, 1.165) is 31.2 Å². The maximum atomic E-state index is 11.9. The van der Waals surface area contributed by atoms with Crippen LogP contribution in [0.3, 0.4) is 0 Å². The van der Waals surface area contributed by atoms with Crippen LogP contribution in [0, 0.1) is 0 Å². The Morgan fingerprint density at radius 3 is 2.50 bits per heavy atom. The van der Waals surface area contributed by atoms with Gasteiger partial charge in [0.05, 0.1) is 22.9 Å². The number of ether oxygens (including phenoxy) is 2. The van der Waals surface area contributed by atoms with Crippen LogP contribution >= 0.6 is 23.2 Å². The fraction of sp³-hybridized carbons (Fsp3) is 0.381. The highest BCUT2D eigenvalue weighted by molar-refractivity contribution is 7.85. The van der Waals surface area contributed by atoms with E-state index < -0.39 is 27.4 Å². The first-order valence-corrected chi connectivity index (χ1v) is 11.9. The Kier molecular flexibility index (Phi) is 5.74. The predicted octanol–water partition coefficient (Wildman–Crippen LogP) is 5.24. The number of benzene rings is 1. The van der Waals surface area contributed by atoms with E-state index in [4.69, 9.17) is 32.7 Å². The van der Waals surface area contributed by atoms with E-state index in [2.05, 4.69) is 4.98 Å². The molecule has 0 bridgehead atoms. The molecule has 1 aliphatic heterocycles. The summed E-state index contributed by atoms with van der Waals surface area (Å²) >= 11 is 12.4. The summed E-state index contributed by atoms with van der Waals surface area (Å²) in [7, 11) is -2.68. The number of pyridine rings is 1. The molecule has 2 aromatic rings. The highest BCUT2D eigenvalue weighted by Gasteiger charge is 2.53. The van der Waals surface area contributed by atoms with Crippen molar-refractivity contribution in [1.82, 2.24) is 4.98 Å². The lowest BCUT2D eigenvalue weighted by molar-refractivity contribution is 0.0787. The fourth-order valence-corrected chi connectivity index (χ4v) is 5.91. The second kappa shape index (κ2) is 8.04. The number of aromatic nitrogens is 1. The molecule has 2 heterocycles. The second-order valence-corrected chi connectivity index (χ2v) is 9.94. The van der Waals surface area contributed by atoms with E-state index in [9.17, 15) is 13.0 Å². The molecule has 30 heavy (non-hydrogen) atoms. The molecule has 160 valence electrons. The first-order chi connectivity index (χ1) is 14.2. The summed E-state index contributed by atoms with van der Waals surface area (Å²) in [5.41, 5.74) is 1.42. The zero-order chi connectivity index (χ0) is 21.5. The number of nitrogens with zero attached hydrogens (tertiary/aromatic N) is 1. The van der Waals surface area contributed by atoms with Crippen LogP contribution in [-0.4, -0.2) is 36.4 Å². The molecule has 1 saturated carbocycles. The van der Waals surface area contributed by atoms with Crippen molar-refractivity contribution < 1.29 is 22.4 Å². The van der Waals surface area contributed by atoms with Gasteiger partial charge in [0.25, 0.3) is 10.1 Å². The summed E-state index contributed by atoms with van der Waals surface area (Å²) < 4.78 is 45.3. The summed E-state index contributed by atoms with van der Waals surface area (Å²) in [6.45, 7) is 0. The third-order valence-electron chi connectivity index (χ3n) is 5.85. The molecule has 0 radical (unpaired) electrons. The van der Waals surface area contributed by atoms with Crippen LogP contribution < -0.4 is 9.47 Å². The van der Waals surface area contributed by atoms with Gasteiger partial charge in [-0.1, -0.05) is 41.4 Å². The van der Waals surface area contributed by atoms with Crippen LogP contribution in [0.5, 0.6) is 11.5 Å². The molecular formula is C21H21Cl2NO5S. The maximum Gasteiger partial charge on any atom is 0.265 e. The van der Waals surface area contributed by atoms with Crippen molar-refractivity contribution in [3.8, 4) is 11.5 Å². The lowest BCUT2D eigenvalue weighted by atomic mass is 9.82. The van der Waals surface area contributed by atoms with Crippen LogP contribution in [0.4, 0.5) is 0 Å². The smallest absolute Gasteiger partial charge is 0.265 e. The van der Waals surface area contributed by atoms with E-state index in [-0.39, 0.29) is 0 Å². The molecular weight excluding hydrogens is 449 g/mol. The Balaban J connectivity index is 1.86. The van der Waals surface area contributed by atoms with Crippen molar-refractivity contribution >= 4 is 45.5 Å². The van der Waals surface area contributed by atoms with Gasteiger partial charge in [0, 0.05) is 29.4 Å². The standard InChI is InChI=1S/C21H21Cl2NO5S/c1-28-18-7-5-13(4-6-14-16(22)10-24-11-17(14)23)19-15(12-30(25,26)27)21(29-20(18)19)8-2-3-9-21/h4-7,10-11,15H,2-3,8-9,12H2,1H3,(H,25,26,27)/b6-4+. The first kappa shape index (κ1) is 21.4. The average molecular weight is 470 g/mol. The molecule has 1 unspecified atom stereocenters. The number of fused-ring (bicyclic) bond motifs is 1. The summed E-state index contributed by atoms with van der Waals surface area (Å²) in [4.78, 5) is 3.95. The zero-order valence-electron chi connectivity index (χ0n) is 16.3. The van der Waals surface area contributed by atoms with Crippen LogP contribution in [0.25, 0.3) is 12.2 Å². The molecule has 1 N–H and O–H groups in total. The lowest BCUT2D eigenvalue weighted by Gasteiger charge is -2.29. The van der Waals surface area contributed by atoms with Crippen LogP contribution in [0.15, 0.2) is 24.5 Å². The van der Waals surface area contributed by atoms with Gasteiger partial charge in [-0.3, -0.25) is 9.54 Å². The van der Waals surface area contributed by atoms with Crippen molar-refractivity contribution in [2.24, 2.45) is 0 Å². The van der Waals surface area contributed by atoms with Crippen molar-refractivity contribution in [3.63, 3.8) is 0 Å². The Morgan fingerprint density at radius 1 is 1.23 bits per heavy atom. The molecule has 1 atom stereocenters. The van der Waals surface area contributed by atoms with Crippen molar-refractivity contribution in [3.05, 3.63) is 51.3 Å². The molecule has 0 saturated heterocycles. The Hall–Kier alpha value is -1.80. The number of methoxy groups -OCH3 is 1. The van der Waals surface area contributed by atoms with E-state index in [1.54, 1.807) is 19.3 Å². The molecule has 1 aromatic carbocycles. The van der Waals surface area contributed by atoms with Gasteiger partial charge in [-0.2, -0.15) is 8.42 Å². The summed E-state index contributed by atoms with van der Waals surface area (Å²) in [6, 6.07) is 3.62. The van der Waals surface area contributed by atoms with Gasteiger partial charge >= 0.3 is 0 Å². The van der Waals surface area contributed by atoms with Crippen LogP contribution in [0.1, 0.15) is 48.3 Å². The predicted molar refractivity (Wildman–Crippen MR) is 117 cm³/mol. The third kappa shape index (κ3) is 3.91. The SMILES string of the molecule is COc1ccc(/C=C/c2c(Cl)cncc2Cl)c2c1OC1(CCCC1)C2CS(=O)(=O)O. The topological polar surface area (TPSA) is 85.7 Å². The van der Waals surface area contributed by atoms with Gasteiger partial charge in [0.15, 0.2) is 11.5 Å². The van der Waals surface area contributed by atoms with Gasteiger partial charge < -0.3 is 9.47 Å². The largest absolute Gasteiger partial charge is 0.493 e. The molecule has 1 aliphatic carbocycles. The molecule has 1 fully saturated rings. The number of hydrogen-bond acceptors (Lipinski definition) is 5. The van der Waals surface area contributed by atoms with Gasteiger partial charge in [0.2, 0.25) is 0 Å².